The van der Waals surface area contributed by atoms with Crippen molar-refractivity contribution in [2.75, 3.05) is 0 Å². The number of allylic oxidation sites excluding steroid dienone is 1. The average molecular weight is 411 g/mol. The molecule has 30 heavy (non-hydrogen) atoms. The van der Waals surface area contributed by atoms with Gasteiger partial charge >= 0.3 is 5.97 Å². The van der Waals surface area contributed by atoms with E-state index in [1.807, 2.05) is 30.3 Å². The Balaban J connectivity index is 2.01. The first-order chi connectivity index (χ1) is 14.7. The number of benzene rings is 3. The quantitative estimate of drug-likeness (QED) is 0.144. The van der Waals surface area contributed by atoms with Gasteiger partial charge in [-0.3, -0.25) is 0 Å². The summed E-state index contributed by atoms with van der Waals surface area (Å²) >= 11 is 1.75. The number of para-hydroxylation sites is 1. The van der Waals surface area contributed by atoms with Crippen LogP contribution < -0.4 is 4.74 Å². The van der Waals surface area contributed by atoms with Gasteiger partial charge in [0.25, 0.3) is 0 Å². The van der Waals surface area contributed by atoms with Gasteiger partial charge in [-0.15, -0.1) is 11.3 Å². The van der Waals surface area contributed by atoms with Crippen LogP contribution in [-0.4, -0.2) is 5.97 Å². The number of carbonyl (C=O) groups is 1. The van der Waals surface area contributed by atoms with Gasteiger partial charge in [0.15, 0.2) is 0 Å². The number of ether oxygens (including phenoxy) is 1. The minimum Gasteiger partial charge on any atom is -0.423 e. The highest BCUT2D eigenvalue weighted by molar-refractivity contribution is 7.20. The molecule has 0 spiro atoms. The van der Waals surface area contributed by atoms with E-state index in [0.29, 0.717) is 5.75 Å². The maximum Gasteiger partial charge on any atom is 0.335 e. The molecule has 3 heteroatoms. The molecule has 1 heterocycles. The molecule has 1 aromatic heterocycles. The van der Waals surface area contributed by atoms with Crippen LogP contribution in [0.25, 0.3) is 21.2 Å². The standard InChI is InChI=1S/C27H22O2S/c1-3-21(19-12-6-5-7-13-19)27(25-18-20-14-8-11-17-24(20)30-25)22-15-9-10-16-23(22)29-26(28)4-2/h4-18H,2-3H2,1H3/b27-21+. The lowest BCUT2D eigenvalue weighted by atomic mass is 9.91. The van der Waals surface area contributed by atoms with Crippen molar-refractivity contribution in [3.63, 3.8) is 0 Å². The van der Waals surface area contributed by atoms with Gasteiger partial charge in [0.05, 0.1) is 0 Å². The molecule has 0 N–H and O–H groups in total. The zero-order chi connectivity index (χ0) is 20.9. The van der Waals surface area contributed by atoms with Gasteiger partial charge in [-0.05, 0) is 41.1 Å². The van der Waals surface area contributed by atoms with Crippen molar-refractivity contribution >= 4 is 38.5 Å². The summed E-state index contributed by atoms with van der Waals surface area (Å²) in [4.78, 5) is 13.1. The molecule has 0 bridgehead atoms. The van der Waals surface area contributed by atoms with Crippen LogP contribution in [0.4, 0.5) is 0 Å². The van der Waals surface area contributed by atoms with Crippen LogP contribution in [0.2, 0.25) is 0 Å². The van der Waals surface area contributed by atoms with Crippen LogP contribution in [-0.2, 0) is 4.79 Å². The molecule has 0 fully saturated rings. The van der Waals surface area contributed by atoms with Crippen molar-refractivity contribution in [3.8, 4) is 5.75 Å². The van der Waals surface area contributed by atoms with Crippen molar-refractivity contribution in [2.24, 2.45) is 0 Å². The highest BCUT2D eigenvalue weighted by atomic mass is 32.1. The van der Waals surface area contributed by atoms with Crippen LogP contribution in [0.3, 0.4) is 0 Å². The van der Waals surface area contributed by atoms with Gasteiger partial charge in [-0.25, -0.2) is 4.79 Å². The number of carbonyl (C=O) groups excluding carboxylic acids is 1. The predicted molar refractivity (Wildman–Crippen MR) is 127 cm³/mol. The predicted octanol–water partition coefficient (Wildman–Crippen LogP) is 7.36. The first-order valence-corrected chi connectivity index (χ1v) is 10.7. The molecular formula is C27H22O2S. The van der Waals surface area contributed by atoms with E-state index in [4.69, 9.17) is 4.74 Å². The molecule has 0 aliphatic rings. The summed E-state index contributed by atoms with van der Waals surface area (Å²) in [5, 5.41) is 1.21. The lowest BCUT2D eigenvalue weighted by Gasteiger charge is -2.17. The minimum absolute atomic E-state index is 0.462. The average Bonchev–Trinajstić information content (AvgIpc) is 3.22. The summed E-state index contributed by atoms with van der Waals surface area (Å²) in [6.45, 7) is 5.69. The molecule has 0 aliphatic carbocycles. The lowest BCUT2D eigenvalue weighted by Crippen LogP contribution is -2.06. The Hall–Kier alpha value is -3.43. The van der Waals surface area contributed by atoms with Gasteiger partial charge in [0.1, 0.15) is 5.75 Å². The third kappa shape index (κ3) is 3.98. The Kier molecular flexibility index (Phi) is 5.92. The normalized spacial score (nSPS) is 11.8. The third-order valence-electron chi connectivity index (χ3n) is 4.98. The molecule has 0 amide bonds. The molecule has 0 unspecified atom stereocenters. The zero-order valence-electron chi connectivity index (χ0n) is 16.8. The van der Waals surface area contributed by atoms with Crippen molar-refractivity contribution < 1.29 is 9.53 Å². The summed E-state index contributed by atoms with van der Waals surface area (Å²) in [6, 6.07) is 28.7. The number of rotatable bonds is 6. The molecule has 0 saturated heterocycles. The molecule has 0 saturated carbocycles. The van der Waals surface area contributed by atoms with Gasteiger partial charge < -0.3 is 4.74 Å². The summed E-state index contributed by atoms with van der Waals surface area (Å²) in [5.74, 6) is 0.0765. The van der Waals surface area contributed by atoms with Crippen LogP contribution in [0, 0.1) is 0 Å². The highest BCUT2D eigenvalue weighted by Crippen LogP contribution is 2.42. The zero-order valence-corrected chi connectivity index (χ0v) is 17.6. The number of esters is 1. The fourth-order valence-electron chi connectivity index (χ4n) is 3.63. The Morgan fingerprint density at radius 1 is 0.967 bits per heavy atom. The minimum atomic E-state index is -0.462. The lowest BCUT2D eigenvalue weighted by molar-refractivity contribution is -0.128. The fraction of sp³-hybridized carbons (Fsp3) is 0.0741. The van der Waals surface area contributed by atoms with E-state index >= 15 is 0 Å². The van der Waals surface area contributed by atoms with E-state index in [-0.39, 0.29) is 0 Å². The molecule has 2 nitrogen and oxygen atoms in total. The van der Waals surface area contributed by atoms with E-state index in [9.17, 15) is 4.79 Å². The number of thiophene rings is 1. The SMILES string of the molecule is C=CC(=O)Oc1ccccc1/C(=C(/CC)c1ccccc1)c1cc2ccccc2s1. The largest absolute Gasteiger partial charge is 0.423 e. The maximum atomic E-state index is 12.0. The molecule has 0 atom stereocenters. The van der Waals surface area contributed by atoms with Crippen molar-refractivity contribution in [1.29, 1.82) is 0 Å². The van der Waals surface area contributed by atoms with Gasteiger partial charge in [0.2, 0.25) is 0 Å². The molecule has 0 aliphatic heterocycles. The van der Waals surface area contributed by atoms with E-state index in [0.717, 1.165) is 28.0 Å². The Morgan fingerprint density at radius 3 is 2.40 bits per heavy atom. The second-order valence-corrected chi connectivity index (χ2v) is 7.93. The molecule has 0 radical (unpaired) electrons. The summed E-state index contributed by atoms with van der Waals surface area (Å²) in [5.41, 5.74) is 4.37. The highest BCUT2D eigenvalue weighted by Gasteiger charge is 2.19. The topological polar surface area (TPSA) is 26.3 Å². The summed E-state index contributed by atoms with van der Waals surface area (Å²) < 4.78 is 6.85. The van der Waals surface area contributed by atoms with E-state index in [2.05, 4.69) is 68.1 Å². The third-order valence-corrected chi connectivity index (χ3v) is 6.12. The van der Waals surface area contributed by atoms with Crippen LogP contribution >= 0.6 is 11.3 Å². The Bertz CT molecular complexity index is 1200. The molecule has 4 aromatic rings. The smallest absolute Gasteiger partial charge is 0.335 e. The molecular weight excluding hydrogens is 388 g/mol. The van der Waals surface area contributed by atoms with Crippen molar-refractivity contribution in [1.82, 2.24) is 0 Å². The Morgan fingerprint density at radius 2 is 1.67 bits per heavy atom. The maximum absolute atomic E-state index is 12.0. The van der Waals surface area contributed by atoms with Crippen molar-refractivity contribution in [3.05, 3.63) is 114 Å². The van der Waals surface area contributed by atoms with E-state index in [1.54, 1.807) is 11.3 Å². The monoisotopic (exact) mass is 410 g/mol. The van der Waals surface area contributed by atoms with Crippen LogP contribution in [0.1, 0.15) is 29.3 Å². The molecule has 148 valence electrons. The van der Waals surface area contributed by atoms with E-state index < -0.39 is 5.97 Å². The number of hydrogen-bond donors (Lipinski definition) is 0. The molecule has 4 rings (SSSR count). The van der Waals surface area contributed by atoms with Gasteiger partial charge in [-0.2, -0.15) is 0 Å². The van der Waals surface area contributed by atoms with Gasteiger partial charge in [-0.1, -0.05) is 80.2 Å². The van der Waals surface area contributed by atoms with Gasteiger partial charge in [0, 0.05) is 26.8 Å². The van der Waals surface area contributed by atoms with Crippen molar-refractivity contribution in [2.45, 2.75) is 13.3 Å². The molecule has 3 aromatic carbocycles. The second-order valence-electron chi connectivity index (χ2n) is 6.84. The number of fused-ring (bicyclic) bond motifs is 1. The van der Waals surface area contributed by atoms with E-state index in [1.165, 1.54) is 21.7 Å². The van der Waals surface area contributed by atoms with Crippen LogP contribution in [0.5, 0.6) is 5.75 Å². The second kappa shape index (κ2) is 8.93. The van der Waals surface area contributed by atoms with Crippen LogP contribution in [0.15, 0.2) is 97.6 Å². The Labute approximate surface area is 180 Å². The first-order valence-electron chi connectivity index (χ1n) is 9.92. The number of hydrogen-bond acceptors (Lipinski definition) is 3. The summed E-state index contributed by atoms with van der Waals surface area (Å²) in [6.07, 6.45) is 2.04. The first kappa shape index (κ1) is 19.9. The fourth-order valence-corrected chi connectivity index (χ4v) is 4.78. The summed E-state index contributed by atoms with van der Waals surface area (Å²) in [7, 11) is 0.